The molecule has 2 saturated heterocycles. The average Bonchev–Trinajstić information content (AvgIpc) is 3.57. The van der Waals surface area contributed by atoms with Crippen LogP contribution in [0.15, 0.2) is 53.6 Å². The lowest BCUT2D eigenvalue weighted by molar-refractivity contribution is -0.133. The minimum atomic E-state index is -0.373. The molecule has 4 aromatic rings. The number of aromatic amines is 1. The van der Waals surface area contributed by atoms with E-state index in [2.05, 4.69) is 43.2 Å². The van der Waals surface area contributed by atoms with Crippen LogP contribution in [0.2, 0.25) is 0 Å². The zero-order valence-electron chi connectivity index (χ0n) is 26.5. The van der Waals surface area contributed by atoms with E-state index in [1.165, 1.54) is 5.56 Å². The fraction of sp³-hybridized carbons (Fsp3) is 0.412. The number of methoxy groups -OCH3 is 2. The number of nitrogens with one attached hydrogen (secondary N) is 4. The van der Waals surface area contributed by atoms with Crippen LogP contribution >= 0.6 is 0 Å². The molecule has 2 amide bonds. The van der Waals surface area contributed by atoms with Gasteiger partial charge in [0.05, 0.1) is 20.4 Å². The number of piperidine rings is 2. The molecule has 6 rings (SSSR count). The van der Waals surface area contributed by atoms with Crippen LogP contribution in [-0.4, -0.2) is 77.9 Å². The second-order valence-electron chi connectivity index (χ2n) is 12.0. The topological polar surface area (TPSA) is 143 Å². The van der Waals surface area contributed by atoms with E-state index < -0.39 is 0 Å². The number of anilines is 1. The molecule has 2 aliphatic rings. The summed E-state index contributed by atoms with van der Waals surface area (Å²) in [6.07, 6.45) is 6.55. The maximum absolute atomic E-state index is 12.5. The second-order valence-corrected chi connectivity index (χ2v) is 12.0. The largest absolute Gasteiger partial charge is 0.496 e. The monoisotopic (exact) mass is 627 g/mol. The number of aromatic nitrogens is 3. The van der Waals surface area contributed by atoms with Gasteiger partial charge in [0, 0.05) is 61.5 Å². The fourth-order valence-corrected chi connectivity index (χ4v) is 6.52. The SMILES string of the molecule is COc1cc(-c2cn(C)c(=O)c3[nH]ncc23)cc(OC)c1CNCCN1CCC(c2ccc(NC3CCC(=O)NC3=O)cc2)CC1. The lowest BCUT2D eigenvalue weighted by Gasteiger charge is -2.32. The summed E-state index contributed by atoms with van der Waals surface area (Å²) in [7, 11) is 5.04. The molecule has 12 heteroatoms. The van der Waals surface area contributed by atoms with Gasteiger partial charge >= 0.3 is 0 Å². The van der Waals surface area contributed by atoms with Crippen molar-refractivity contribution in [3.8, 4) is 22.6 Å². The Morgan fingerprint density at radius 2 is 1.72 bits per heavy atom. The van der Waals surface area contributed by atoms with Crippen LogP contribution in [0.1, 0.15) is 42.7 Å². The number of carbonyl (C=O) groups is 2. The van der Waals surface area contributed by atoms with Gasteiger partial charge in [-0.15, -0.1) is 0 Å². The predicted molar refractivity (Wildman–Crippen MR) is 176 cm³/mol. The molecule has 0 radical (unpaired) electrons. The molecule has 1 atom stereocenters. The molecule has 1 unspecified atom stereocenters. The van der Waals surface area contributed by atoms with Crippen LogP contribution in [0.4, 0.5) is 5.69 Å². The van der Waals surface area contributed by atoms with Gasteiger partial charge in [-0.3, -0.25) is 24.8 Å². The molecular weight excluding hydrogens is 586 g/mol. The molecule has 12 nitrogen and oxygen atoms in total. The Bertz CT molecular complexity index is 1750. The van der Waals surface area contributed by atoms with Crippen molar-refractivity contribution in [1.82, 2.24) is 30.3 Å². The number of carbonyl (C=O) groups excluding carboxylic acids is 2. The maximum Gasteiger partial charge on any atom is 0.276 e. The van der Waals surface area contributed by atoms with Crippen molar-refractivity contribution in [2.24, 2.45) is 7.05 Å². The molecule has 4 heterocycles. The Labute approximate surface area is 267 Å². The van der Waals surface area contributed by atoms with E-state index in [0.29, 0.717) is 42.3 Å². The molecule has 242 valence electrons. The first kappa shape index (κ1) is 31.3. The van der Waals surface area contributed by atoms with Crippen LogP contribution in [0.5, 0.6) is 11.5 Å². The lowest BCUT2D eigenvalue weighted by Crippen LogP contribution is -2.47. The van der Waals surface area contributed by atoms with E-state index in [1.807, 2.05) is 30.5 Å². The number of hydrogen-bond donors (Lipinski definition) is 4. The van der Waals surface area contributed by atoms with E-state index in [9.17, 15) is 14.4 Å². The van der Waals surface area contributed by atoms with Crippen molar-refractivity contribution in [3.05, 3.63) is 70.3 Å². The maximum atomic E-state index is 12.5. The summed E-state index contributed by atoms with van der Waals surface area (Å²) in [4.78, 5) is 38.5. The van der Waals surface area contributed by atoms with E-state index >= 15 is 0 Å². The van der Waals surface area contributed by atoms with Crippen molar-refractivity contribution in [2.45, 2.75) is 44.2 Å². The molecule has 0 bridgehead atoms. The number of imide groups is 1. The van der Waals surface area contributed by atoms with Gasteiger partial charge in [-0.2, -0.15) is 5.10 Å². The second kappa shape index (κ2) is 13.8. The minimum absolute atomic E-state index is 0.129. The van der Waals surface area contributed by atoms with Gasteiger partial charge in [0.2, 0.25) is 11.8 Å². The van der Waals surface area contributed by atoms with Crippen LogP contribution in [-0.2, 0) is 23.2 Å². The standard InChI is InChI=1S/C34H41N7O5/c1-40-20-27(25-19-36-39-32(25)34(40)44)23-16-29(45-2)26(30(17-23)46-3)18-35-12-15-41-13-10-22(11-14-41)21-4-6-24(7-5-21)37-28-8-9-31(42)38-33(28)43/h4-7,16-17,19-20,22,28,35,37H,8-15,18H2,1-3H3,(H,36,39)(H,38,42,43). The molecule has 4 N–H and O–H groups in total. The van der Waals surface area contributed by atoms with Crippen molar-refractivity contribution >= 4 is 28.4 Å². The van der Waals surface area contributed by atoms with E-state index in [1.54, 1.807) is 32.0 Å². The molecular formula is C34H41N7O5. The quantitative estimate of drug-likeness (QED) is 0.146. The number of H-pyrrole nitrogens is 1. The molecule has 2 aromatic heterocycles. The molecule has 0 spiro atoms. The van der Waals surface area contributed by atoms with Gasteiger partial charge in [-0.05, 0) is 73.7 Å². The van der Waals surface area contributed by atoms with Gasteiger partial charge in [0.1, 0.15) is 23.1 Å². The first-order valence-electron chi connectivity index (χ1n) is 15.8. The van der Waals surface area contributed by atoms with E-state index in [0.717, 1.165) is 66.8 Å². The number of nitrogens with zero attached hydrogens (tertiary/aromatic N) is 3. The summed E-state index contributed by atoms with van der Waals surface area (Å²) in [6, 6.07) is 12.0. The first-order chi connectivity index (χ1) is 22.3. The van der Waals surface area contributed by atoms with E-state index in [4.69, 9.17) is 9.47 Å². The highest BCUT2D eigenvalue weighted by Crippen LogP contribution is 2.37. The van der Waals surface area contributed by atoms with Crippen molar-refractivity contribution in [1.29, 1.82) is 0 Å². The molecule has 46 heavy (non-hydrogen) atoms. The number of likely N-dealkylation sites (tertiary alicyclic amines) is 1. The van der Waals surface area contributed by atoms with Gasteiger partial charge in [0.25, 0.3) is 5.56 Å². The molecule has 0 aliphatic carbocycles. The van der Waals surface area contributed by atoms with Crippen LogP contribution in [0, 0.1) is 0 Å². The number of ether oxygens (including phenoxy) is 2. The third-order valence-corrected chi connectivity index (χ3v) is 9.16. The highest BCUT2D eigenvalue weighted by Gasteiger charge is 2.26. The van der Waals surface area contributed by atoms with Gasteiger partial charge < -0.3 is 29.6 Å². The summed E-state index contributed by atoms with van der Waals surface area (Å²) in [6.45, 7) is 4.44. The molecule has 2 fully saturated rings. The number of amides is 2. The highest BCUT2D eigenvalue weighted by molar-refractivity contribution is 6.01. The Balaban J connectivity index is 1.01. The summed E-state index contributed by atoms with van der Waals surface area (Å²) < 4.78 is 13.1. The number of pyridine rings is 1. The van der Waals surface area contributed by atoms with Crippen molar-refractivity contribution < 1.29 is 19.1 Å². The average molecular weight is 628 g/mol. The smallest absolute Gasteiger partial charge is 0.276 e. The number of fused-ring (bicyclic) bond motifs is 1. The van der Waals surface area contributed by atoms with Crippen molar-refractivity contribution in [2.75, 3.05) is 45.7 Å². The van der Waals surface area contributed by atoms with Crippen molar-refractivity contribution in [3.63, 3.8) is 0 Å². The molecule has 0 saturated carbocycles. The Morgan fingerprint density at radius 1 is 1.00 bits per heavy atom. The van der Waals surface area contributed by atoms with Gasteiger partial charge in [-0.1, -0.05) is 12.1 Å². The van der Waals surface area contributed by atoms with Crippen LogP contribution in [0.3, 0.4) is 0 Å². The highest BCUT2D eigenvalue weighted by atomic mass is 16.5. The number of rotatable bonds is 11. The third-order valence-electron chi connectivity index (χ3n) is 9.16. The summed E-state index contributed by atoms with van der Waals surface area (Å²) >= 11 is 0. The Kier molecular flexibility index (Phi) is 9.36. The summed E-state index contributed by atoms with van der Waals surface area (Å²) in [5.74, 6) is 1.48. The zero-order valence-corrected chi connectivity index (χ0v) is 26.5. The molecule has 2 aromatic carbocycles. The van der Waals surface area contributed by atoms with Crippen LogP contribution in [0.25, 0.3) is 22.0 Å². The summed E-state index contributed by atoms with van der Waals surface area (Å²) in [5.41, 5.74) is 5.23. The van der Waals surface area contributed by atoms with Gasteiger partial charge in [0.15, 0.2) is 0 Å². The van der Waals surface area contributed by atoms with Gasteiger partial charge in [-0.25, -0.2) is 0 Å². The number of benzene rings is 2. The minimum Gasteiger partial charge on any atom is -0.496 e. The number of hydrogen-bond acceptors (Lipinski definition) is 9. The fourth-order valence-electron chi connectivity index (χ4n) is 6.52. The Hall–Kier alpha value is -4.68. The lowest BCUT2D eigenvalue weighted by atomic mass is 9.89. The first-order valence-corrected chi connectivity index (χ1v) is 15.8. The summed E-state index contributed by atoms with van der Waals surface area (Å²) in [5, 5.41) is 16.9. The third kappa shape index (κ3) is 6.63. The number of aryl methyl sites for hydroxylation is 1. The Morgan fingerprint density at radius 3 is 2.39 bits per heavy atom. The van der Waals surface area contributed by atoms with E-state index in [-0.39, 0.29) is 23.4 Å². The molecule has 2 aliphatic heterocycles. The van der Waals surface area contributed by atoms with Crippen LogP contribution < -0.4 is 31.0 Å². The zero-order chi connectivity index (χ0) is 32.2. The predicted octanol–water partition coefficient (Wildman–Crippen LogP) is 3.13. The normalized spacial score (nSPS) is 17.7.